The van der Waals surface area contributed by atoms with Crippen LogP contribution in [0.1, 0.15) is 21.5 Å². The number of carbonyl (C=O) groups is 1. The maximum Gasteiger partial charge on any atom is 0.189 e. The maximum atomic E-state index is 12.6. The fourth-order valence-electron chi connectivity index (χ4n) is 2.47. The van der Waals surface area contributed by atoms with E-state index >= 15 is 0 Å². The molecule has 0 fully saturated rings. The molecule has 0 amide bonds. The van der Waals surface area contributed by atoms with Crippen LogP contribution in [0.4, 0.5) is 0 Å². The highest BCUT2D eigenvalue weighted by molar-refractivity contribution is 6.09. The summed E-state index contributed by atoms with van der Waals surface area (Å²) in [5, 5.41) is 0. The van der Waals surface area contributed by atoms with Crippen molar-refractivity contribution in [3.8, 4) is 23.0 Å². The van der Waals surface area contributed by atoms with Crippen molar-refractivity contribution < 1.29 is 23.7 Å². The molecular weight excluding hydrogens is 320 g/mol. The van der Waals surface area contributed by atoms with Crippen LogP contribution in [0.3, 0.4) is 0 Å². The first-order valence-electron chi connectivity index (χ1n) is 7.71. The number of hydrogen-bond donors (Lipinski definition) is 0. The van der Waals surface area contributed by atoms with Crippen LogP contribution in [0.5, 0.6) is 23.0 Å². The summed E-state index contributed by atoms with van der Waals surface area (Å²) in [6, 6.07) is 8.80. The Labute approximate surface area is 147 Å². The van der Waals surface area contributed by atoms with Gasteiger partial charge in [0.2, 0.25) is 0 Å². The Morgan fingerprint density at radius 2 is 1.52 bits per heavy atom. The van der Waals surface area contributed by atoms with Gasteiger partial charge in [0, 0.05) is 5.56 Å². The molecule has 0 aliphatic heterocycles. The predicted molar refractivity (Wildman–Crippen MR) is 97.2 cm³/mol. The maximum absolute atomic E-state index is 12.6. The SMILES string of the molecule is COc1ccc(OC)c(C(=O)/C=C\c2cc(OC)c(C)cc2OC)c1. The van der Waals surface area contributed by atoms with Crippen LogP contribution in [0.15, 0.2) is 36.4 Å². The number of carbonyl (C=O) groups excluding carboxylic acids is 1. The Bertz CT molecular complexity index is 793. The molecule has 2 aromatic carbocycles. The van der Waals surface area contributed by atoms with Gasteiger partial charge < -0.3 is 18.9 Å². The minimum Gasteiger partial charge on any atom is -0.497 e. The van der Waals surface area contributed by atoms with E-state index in [0.717, 1.165) is 16.9 Å². The average molecular weight is 342 g/mol. The van der Waals surface area contributed by atoms with E-state index in [0.29, 0.717) is 22.8 Å². The summed E-state index contributed by atoms with van der Waals surface area (Å²) in [4.78, 5) is 12.6. The Kier molecular flexibility index (Phi) is 6.06. The standard InChI is InChI=1S/C20H22O5/c1-13-10-20(25-5)14(11-19(13)24-4)6-8-17(21)16-12-15(22-2)7-9-18(16)23-3/h6-12H,1-5H3/b8-6-. The first-order valence-corrected chi connectivity index (χ1v) is 7.71. The van der Waals surface area contributed by atoms with Gasteiger partial charge in [-0.1, -0.05) is 0 Å². The number of methoxy groups -OCH3 is 4. The second-order valence-electron chi connectivity index (χ2n) is 5.33. The quantitative estimate of drug-likeness (QED) is 0.564. The molecule has 0 saturated carbocycles. The van der Waals surface area contributed by atoms with Crippen LogP contribution in [0.2, 0.25) is 0 Å². The third kappa shape index (κ3) is 4.12. The van der Waals surface area contributed by atoms with Gasteiger partial charge >= 0.3 is 0 Å². The zero-order valence-corrected chi connectivity index (χ0v) is 15.1. The summed E-state index contributed by atoms with van der Waals surface area (Å²) in [7, 11) is 6.27. The summed E-state index contributed by atoms with van der Waals surface area (Å²) in [6.07, 6.45) is 3.17. The molecule has 132 valence electrons. The molecule has 0 atom stereocenters. The largest absolute Gasteiger partial charge is 0.497 e. The fraction of sp³-hybridized carbons (Fsp3) is 0.250. The van der Waals surface area contributed by atoms with Crippen molar-refractivity contribution in [3.05, 3.63) is 53.1 Å². The molecule has 5 heteroatoms. The zero-order valence-electron chi connectivity index (χ0n) is 15.1. The summed E-state index contributed by atoms with van der Waals surface area (Å²) in [6.45, 7) is 1.93. The van der Waals surface area contributed by atoms with Gasteiger partial charge in [0.05, 0.1) is 34.0 Å². The fourth-order valence-corrected chi connectivity index (χ4v) is 2.47. The second kappa shape index (κ2) is 8.24. The first kappa shape index (κ1) is 18.4. The smallest absolute Gasteiger partial charge is 0.189 e. The van der Waals surface area contributed by atoms with Gasteiger partial charge in [-0.3, -0.25) is 4.79 Å². The Balaban J connectivity index is 2.38. The van der Waals surface area contributed by atoms with E-state index in [-0.39, 0.29) is 5.78 Å². The highest BCUT2D eigenvalue weighted by Gasteiger charge is 2.12. The van der Waals surface area contributed by atoms with E-state index in [9.17, 15) is 4.79 Å². The van der Waals surface area contributed by atoms with Crippen molar-refractivity contribution in [1.29, 1.82) is 0 Å². The van der Waals surface area contributed by atoms with Crippen molar-refractivity contribution in [3.63, 3.8) is 0 Å². The van der Waals surface area contributed by atoms with Gasteiger partial charge in [-0.25, -0.2) is 0 Å². The summed E-state index contributed by atoms with van der Waals surface area (Å²) in [5.41, 5.74) is 2.13. The Morgan fingerprint density at radius 1 is 0.840 bits per heavy atom. The predicted octanol–water partition coefficient (Wildman–Crippen LogP) is 3.93. The molecule has 0 aliphatic carbocycles. The third-order valence-electron chi connectivity index (χ3n) is 3.83. The molecule has 25 heavy (non-hydrogen) atoms. The normalized spacial score (nSPS) is 10.6. The van der Waals surface area contributed by atoms with Crippen LogP contribution in [-0.4, -0.2) is 34.2 Å². The number of benzene rings is 2. The van der Waals surface area contributed by atoms with E-state index in [1.165, 1.54) is 13.2 Å². The number of aryl methyl sites for hydroxylation is 1. The molecule has 0 unspecified atom stereocenters. The van der Waals surface area contributed by atoms with Crippen molar-refractivity contribution in [2.45, 2.75) is 6.92 Å². The van der Waals surface area contributed by atoms with Gasteiger partial charge in [0.25, 0.3) is 0 Å². The molecule has 5 nitrogen and oxygen atoms in total. The molecule has 0 bridgehead atoms. The zero-order chi connectivity index (χ0) is 18.4. The second-order valence-corrected chi connectivity index (χ2v) is 5.33. The van der Waals surface area contributed by atoms with Crippen LogP contribution in [0, 0.1) is 6.92 Å². The average Bonchev–Trinajstić information content (AvgIpc) is 2.65. The summed E-state index contributed by atoms with van der Waals surface area (Å²) >= 11 is 0. The van der Waals surface area contributed by atoms with E-state index in [1.807, 2.05) is 19.1 Å². The van der Waals surface area contributed by atoms with Crippen molar-refractivity contribution in [1.82, 2.24) is 0 Å². The molecule has 0 aromatic heterocycles. The van der Waals surface area contributed by atoms with E-state index in [2.05, 4.69) is 0 Å². The lowest BCUT2D eigenvalue weighted by molar-refractivity contribution is 0.104. The summed E-state index contributed by atoms with van der Waals surface area (Å²) < 4.78 is 21.2. The summed E-state index contributed by atoms with van der Waals surface area (Å²) in [5.74, 6) is 2.28. The molecule has 2 rings (SSSR count). The molecule has 0 heterocycles. The highest BCUT2D eigenvalue weighted by Crippen LogP contribution is 2.30. The van der Waals surface area contributed by atoms with Crippen LogP contribution < -0.4 is 18.9 Å². The third-order valence-corrected chi connectivity index (χ3v) is 3.83. The van der Waals surface area contributed by atoms with Crippen molar-refractivity contribution in [2.24, 2.45) is 0 Å². The molecule has 0 saturated heterocycles. The number of allylic oxidation sites excluding steroid dienone is 1. The van der Waals surface area contributed by atoms with Gasteiger partial charge in [0.1, 0.15) is 23.0 Å². The van der Waals surface area contributed by atoms with Crippen molar-refractivity contribution >= 4 is 11.9 Å². The van der Waals surface area contributed by atoms with E-state index < -0.39 is 0 Å². The molecule has 2 aromatic rings. The van der Waals surface area contributed by atoms with E-state index in [1.54, 1.807) is 45.6 Å². The van der Waals surface area contributed by atoms with Gasteiger partial charge in [-0.15, -0.1) is 0 Å². The number of rotatable bonds is 7. The molecule has 0 aliphatic rings. The van der Waals surface area contributed by atoms with Crippen LogP contribution in [-0.2, 0) is 0 Å². The van der Waals surface area contributed by atoms with Gasteiger partial charge in [-0.2, -0.15) is 0 Å². The van der Waals surface area contributed by atoms with E-state index in [4.69, 9.17) is 18.9 Å². The van der Waals surface area contributed by atoms with Crippen LogP contribution in [0.25, 0.3) is 6.08 Å². The lowest BCUT2D eigenvalue weighted by Crippen LogP contribution is -2.00. The molecule has 0 N–H and O–H groups in total. The topological polar surface area (TPSA) is 54.0 Å². The van der Waals surface area contributed by atoms with Crippen LogP contribution >= 0.6 is 0 Å². The Hall–Kier alpha value is -2.95. The van der Waals surface area contributed by atoms with Crippen molar-refractivity contribution in [2.75, 3.05) is 28.4 Å². The number of hydrogen-bond acceptors (Lipinski definition) is 5. The monoisotopic (exact) mass is 342 g/mol. The molecule has 0 radical (unpaired) electrons. The minimum absolute atomic E-state index is 0.197. The number of ether oxygens (including phenoxy) is 4. The minimum atomic E-state index is -0.197. The lowest BCUT2D eigenvalue weighted by atomic mass is 10.1. The first-order chi connectivity index (χ1) is 12.0. The lowest BCUT2D eigenvalue weighted by Gasteiger charge is -2.11. The highest BCUT2D eigenvalue weighted by atomic mass is 16.5. The Morgan fingerprint density at radius 3 is 2.12 bits per heavy atom. The van der Waals surface area contributed by atoms with Gasteiger partial charge in [0.15, 0.2) is 5.78 Å². The molecular formula is C20H22O5. The van der Waals surface area contributed by atoms with Gasteiger partial charge in [-0.05, 0) is 55.0 Å². The molecule has 0 spiro atoms. The number of ketones is 1.